The molecule has 0 saturated carbocycles. The lowest BCUT2D eigenvalue weighted by Gasteiger charge is -2.35. The van der Waals surface area contributed by atoms with Crippen LogP contribution in [0.1, 0.15) is 42.1 Å². The number of nitrogens with zero attached hydrogens (tertiary/aromatic N) is 6. The van der Waals surface area contributed by atoms with Gasteiger partial charge in [-0.15, -0.1) is 11.3 Å². The van der Waals surface area contributed by atoms with Crippen LogP contribution in [0, 0.1) is 39.9 Å². The van der Waals surface area contributed by atoms with Crippen LogP contribution in [0.25, 0.3) is 0 Å². The number of piperazine rings is 1. The number of hydrogen-bond acceptors (Lipinski definition) is 8. The second kappa shape index (κ2) is 11.8. The number of aromatic nitrogens is 1. The molecule has 0 radical (unpaired) electrons. The largest absolute Gasteiger partial charge is 0.476 e. The minimum Gasteiger partial charge on any atom is -0.476 e. The van der Waals surface area contributed by atoms with Gasteiger partial charge in [0.05, 0.1) is 11.5 Å². The molecule has 1 saturated heterocycles. The molecule has 1 aliphatic rings. The highest BCUT2D eigenvalue weighted by atomic mass is 32.1. The molecule has 0 amide bonds. The van der Waals surface area contributed by atoms with Gasteiger partial charge in [-0.05, 0) is 43.5 Å². The fraction of sp³-hybridized carbons (Fsp3) is 0.520. The summed E-state index contributed by atoms with van der Waals surface area (Å²) < 4.78 is 5.70. The fourth-order valence-corrected chi connectivity index (χ4v) is 5.35. The van der Waals surface area contributed by atoms with E-state index in [-0.39, 0.29) is 5.92 Å². The molecule has 0 spiro atoms. The predicted molar refractivity (Wildman–Crippen MR) is 128 cm³/mol. The molecule has 1 aliphatic heterocycles. The Morgan fingerprint density at radius 1 is 1.03 bits per heavy atom. The summed E-state index contributed by atoms with van der Waals surface area (Å²) in [6.45, 7) is 10.5. The van der Waals surface area contributed by atoms with Crippen LogP contribution in [-0.2, 0) is 5.41 Å². The molecule has 0 bridgehead atoms. The van der Waals surface area contributed by atoms with Crippen molar-refractivity contribution < 1.29 is 4.74 Å². The topological polar surface area (TPSA) is 100.0 Å². The molecular weight excluding hydrogens is 432 g/mol. The second-order valence-electron chi connectivity index (χ2n) is 8.62. The lowest BCUT2D eigenvalue weighted by Crippen LogP contribution is -2.47. The molecule has 3 rings (SSSR count). The van der Waals surface area contributed by atoms with Crippen LogP contribution in [0.15, 0.2) is 30.3 Å². The van der Waals surface area contributed by atoms with Crippen molar-refractivity contribution in [2.24, 2.45) is 5.92 Å². The van der Waals surface area contributed by atoms with Crippen LogP contribution in [-0.4, -0.2) is 60.7 Å². The molecular formula is C25H30N6OS. The molecule has 7 nitrogen and oxygen atoms in total. The molecule has 33 heavy (non-hydrogen) atoms. The Balaban J connectivity index is 1.42. The molecule has 8 heteroatoms. The second-order valence-corrected chi connectivity index (χ2v) is 9.71. The van der Waals surface area contributed by atoms with Crippen LogP contribution < -0.4 is 4.74 Å². The van der Waals surface area contributed by atoms with Crippen LogP contribution >= 0.6 is 11.3 Å². The van der Waals surface area contributed by atoms with Gasteiger partial charge < -0.3 is 9.64 Å². The van der Waals surface area contributed by atoms with E-state index < -0.39 is 5.41 Å². The molecule has 0 aliphatic carbocycles. The summed E-state index contributed by atoms with van der Waals surface area (Å²) in [5, 5.41) is 28.2. The van der Waals surface area contributed by atoms with E-state index in [0.717, 1.165) is 57.0 Å². The van der Waals surface area contributed by atoms with Gasteiger partial charge in [-0.3, -0.25) is 4.90 Å². The quantitative estimate of drug-likeness (QED) is 0.530. The van der Waals surface area contributed by atoms with E-state index in [9.17, 15) is 10.5 Å². The highest BCUT2D eigenvalue weighted by Crippen LogP contribution is 2.40. The first kappa shape index (κ1) is 24.7. The summed E-state index contributed by atoms with van der Waals surface area (Å²) in [4.78, 5) is 10.7. The number of rotatable bonds is 10. The van der Waals surface area contributed by atoms with E-state index in [0.29, 0.717) is 23.1 Å². The van der Waals surface area contributed by atoms with E-state index >= 15 is 0 Å². The third kappa shape index (κ3) is 6.30. The summed E-state index contributed by atoms with van der Waals surface area (Å²) in [6, 6.07) is 15.8. The predicted octanol–water partition coefficient (Wildman–Crippen LogP) is 3.78. The molecule has 172 valence electrons. The minimum absolute atomic E-state index is 0.188. The zero-order valence-electron chi connectivity index (χ0n) is 19.3. The smallest absolute Gasteiger partial charge is 0.214 e. The first-order valence-corrected chi connectivity index (χ1v) is 12.2. The van der Waals surface area contributed by atoms with E-state index in [4.69, 9.17) is 10.00 Å². The van der Waals surface area contributed by atoms with Gasteiger partial charge in [-0.2, -0.15) is 15.8 Å². The summed E-state index contributed by atoms with van der Waals surface area (Å²) in [5.74, 6) is 0.680. The van der Waals surface area contributed by atoms with Gasteiger partial charge in [0.2, 0.25) is 5.88 Å². The first-order chi connectivity index (χ1) is 16.0. The lowest BCUT2D eigenvalue weighted by molar-refractivity contribution is 0.113. The van der Waals surface area contributed by atoms with Crippen molar-refractivity contribution in [3.05, 3.63) is 45.8 Å². The Labute approximate surface area is 200 Å². The van der Waals surface area contributed by atoms with E-state index in [2.05, 4.69) is 40.8 Å². The minimum atomic E-state index is -0.532. The monoisotopic (exact) mass is 462 g/mol. The van der Waals surface area contributed by atoms with Gasteiger partial charge in [0.25, 0.3) is 0 Å². The molecule has 0 aromatic carbocycles. The van der Waals surface area contributed by atoms with Crippen LogP contribution in [0.5, 0.6) is 5.88 Å². The van der Waals surface area contributed by atoms with Crippen LogP contribution in [0.2, 0.25) is 0 Å². The molecule has 2 aromatic heterocycles. The molecule has 1 unspecified atom stereocenters. The highest BCUT2D eigenvalue weighted by molar-refractivity contribution is 7.12. The molecule has 3 heterocycles. The Morgan fingerprint density at radius 3 is 2.36 bits per heavy atom. The average molecular weight is 463 g/mol. The zero-order chi connectivity index (χ0) is 23.7. The van der Waals surface area contributed by atoms with Gasteiger partial charge in [0.15, 0.2) is 0 Å². The van der Waals surface area contributed by atoms with Crippen LogP contribution in [0.3, 0.4) is 0 Å². The first-order valence-electron chi connectivity index (χ1n) is 11.4. The van der Waals surface area contributed by atoms with Crippen molar-refractivity contribution in [3.8, 4) is 24.1 Å². The Morgan fingerprint density at radius 2 is 1.76 bits per heavy atom. The number of nitriles is 3. The molecule has 2 aromatic rings. The highest BCUT2D eigenvalue weighted by Gasteiger charge is 2.37. The normalized spacial score (nSPS) is 16.5. The molecule has 1 atom stereocenters. The number of hydrogen-bond donors (Lipinski definition) is 0. The van der Waals surface area contributed by atoms with Gasteiger partial charge >= 0.3 is 0 Å². The van der Waals surface area contributed by atoms with Crippen molar-refractivity contribution in [1.82, 2.24) is 14.8 Å². The lowest BCUT2D eigenvalue weighted by atomic mass is 9.73. The molecule has 1 fully saturated rings. The Bertz CT molecular complexity index is 1040. The maximum absolute atomic E-state index is 10.1. The Kier molecular flexibility index (Phi) is 8.80. The fourth-order valence-electron chi connectivity index (χ4n) is 4.23. The van der Waals surface area contributed by atoms with Crippen molar-refractivity contribution >= 4 is 11.3 Å². The van der Waals surface area contributed by atoms with Crippen molar-refractivity contribution in [2.45, 2.75) is 32.1 Å². The summed E-state index contributed by atoms with van der Waals surface area (Å²) in [7, 11) is 0. The zero-order valence-corrected chi connectivity index (χ0v) is 20.1. The third-order valence-corrected chi connectivity index (χ3v) is 7.51. The summed E-state index contributed by atoms with van der Waals surface area (Å²) >= 11 is 1.45. The maximum Gasteiger partial charge on any atom is 0.214 e. The Hall–Kier alpha value is -2.96. The van der Waals surface area contributed by atoms with E-state index in [1.165, 1.54) is 11.3 Å². The van der Waals surface area contributed by atoms with Gasteiger partial charge in [0, 0.05) is 43.7 Å². The number of thiophene rings is 1. The van der Waals surface area contributed by atoms with Crippen LogP contribution in [0.4, 0.5) is 0 Å². The summed E-state index contributed by atoms with van der Waals surface area (Å²) in [6.07, 6.45) is 1.75. The average Bonchev–Trinajstić information content (AvgIpc) is 3.32. The van der Waals surface area contributed by atoms with Gasteiger partial charge in [0.1, 0.15) is 29.3 Å². The van der Waals surface area contributed by atoms with Gasteiger partial charge in [-0.1, -0.05) is 19.9 Å². The number of ether oxygens (including phenoxy) is 1. The van der Waals surface area contributed by atoms with Crippen molar-refractivity contribution in [1.29, 1.82) is 15.8 Å². The van der Waals surface area contributed by atoms with Crippen molar-refractivity contribution in [3.63, 3.8) is 0 Å². The SMILES string of the molecule is CC(C)C(C#N)(CCCN1CCN(CCOc2cccc(C#N)n2)CC1)c1ccc(C#N)s1. The maximum atomic E-state index is 10.1. The van der Waals surface area contributed by atoms with Gasteiger partial charge in [-0.25, -0.2) is 4.98 Å². The van der Waals surface area contributed by atoms with E-state index in [1.54, 1.807) is 18.2 Å². The summed E-state index contributed by atoms with van der Waals surface area (Å²) in [5.41, 5.74) is -0.168. The third-order valence-electron chi connectivity index (χ3n) is 6.35. The number of pyridine rings is 1. The van der Waals surface area contributed by atoms with Crippen molar-refractivity contribution in [2.75, 3.05) is 45.9 Å². The van der Waals surface area contributed by atoms with E-state index in [1.807, 2.05) is 18.2 Å². The standard InChI is InChI=1S/C25H30N6OS/c1-20(2)25(19-28,23-8-7-22(18-27)33-23)9-4-10-30-11-13-31(14-12-30)15-16-32-24-6-3-5-21(17-26)29-24/h3,5-8,20H,4,9-16H2,1-2H3. The molecule has 0 N–H and O–H groups in total.